The predicted octanol–water partition coefficient (Wildman–Crippen LogP) is 3.55. The molecular formula is C21H17NO2. The first kappa shape index (κ1) is 15.8. The van der Waals surface area contributed by atoms with Crippen LogP contribution in [0, 0.1) is 11.8 Å². The van der Waals surface area contributed by atoms with E-state index in [0.29, 0.717) is 6.61 Å². The van der Waals surface area contributed by atoms with Crippen molar-refractivity contribution in [3.8, 4) is 17.6 Å². The van der Waals surface area contributed by atoms with Crippen LogP contribution in [0.5, 0.6) is 5.75 Å². The molecule has 0 saturated heterocycles. The molecule has 0 unspecified atom stereocenters. The van der Waals surface area contributed by atoms with Crippen LogP contribution in [-0.2, 0) is 13.2 Å². The Morgan fingerprint density at radius 1 is 0.875 bits per heavy atom. The van der Waals surface area contributed by atoms with E-state index < -0.39 is 0 Å². The van der Waals surface area contributed by atoms with E-state index in [-0.39, 0.29) is 6.61 Å². The molecule has 1 heterocycles. The van der Waals surface area contributed by atoms with Gasteiger partial charge in [0.15, 0.2) is 0 Å². The molecule has 0 radical (unpaired) electrons. The van der Waals surface area contributed by atoms with Gasteiger partial charge in [0.2, 0.25) is 0 Å². The van der Waals surface area contributed by atoms with E-state index >= 15 is 0 Å². The molecular weight excluding hydrogens is 298 g/mol. The van der Waals surface area contributed by atoms with Gasteiger partial charge in [-0.05, 0) is 47.5 Å². The summed E-state index contributed by atoms with van der Waals surface area (Å²) in [5.74, 6) is 6.97. The summed E-state index contributed by atoms with van der Waals surface area (Å²) in [6.07, 6.45) is 3.47. The van der Waals surface area contributed by atoms with Crippen LogP contribution in [0.3, 0.4) is 0 Å². The first-order valence-corrected chi connectivity index (χ1v) is 7.67. The summed E-state index contributed by atoms with van der Waals surface area (Å²) in [6.45, 7) is 0.507. The van der Waals surface area contributed by atoms with Crippen molar-refractivity contribution < 1.29 is 9.84 Å². The Morgan fingerprint density at radius 2 is 1.67 bits per heavy atom. The number of aliphatic hydroxyl groups is 1. The summed E-state index contributed by atoms with van der Waals surface area (Å²) >= 11 is 0. The first-order chi connectivity index (χ1) is 11.8. The zero-order chi connectivity index (χ0) is 16.6. The van der Waals surface area contributed by atoms with Gasteiger partial charge in [0, 0.05) is 23.5 Å². The number of benzene rings is 2. The molecule has 3 rings (SSSR count). The Hall–Kier alpha value is -3.09. The Morgan fingerprint density at radius 3 is 2.42 bits per heavy atom. The maximum Gasteiger partial charge on any atom is 0.119 e. The monoisotopic (exact) mass is 315 g/mol. The number of rotatable bonds is 4. The minimum atomic E-state index is 0.0398. The van der Waals surface area contributed by atoms with Gasteiger partial charge in [0.25, 0.3) is 0 Å². The second-order valence-corrected chi connectivity index (χ2v) is 5.28. The van der Waals surface area contributed by atoms with E-state index in [0.717, 1.165) is 28.0 Å². The molecule has 3 nitrogen and oxygen atoms in total. The lowest BCUT2D eigenvalue weighted by Gasteiger charge is -2.07. The fraction of sp³-hybridized carbons (Fsp3) is 0.0952. The van der Waals surface area contributed by atoms with E-state index in [4.69, 9.17) is 9.84 Å². The molecule has 0 aliphatic carbocycles. The molecule has 24 heavy (non-hydrogen) atoms. The van der Waals surface area contributed by atoms with Gasteiger partial charge in [0.1, 0.15) is 12.4 Å². The molecule has 0 aliphatic rings. The number of nitrogens with zero attached hydrogens (tertiary/aromatic N) is 1. The summed E-state index contributed by atoms with van der Waals surface area (Å²) in [7, 11) is 0. The van der Waals surface area contributed by atoms with E-state index in [9.17, 15) is 0 Å². The van der Waals surface area contributed by atoms with Crippen LogP contribution in [0.2, 0.25) is 0 Å². The van der Waals surface area contributed by atoms with Crippen molar-refractivity contribution in [1.82, 2.24) is 4.98 Å². The van der Waals surface area contributed by atoms with Gasteiger partial charge < -0.3 is 9.84 Å². The molecule has 0 spiro atoms. The van der Waals surface area contributed by atoms with E-state index in [1.165, 1.54) is 0 Å². The zero-order valence-electron chi connectivity index (χ0n) is 13.1. The van der Waals surface area contributed by atoms with Crippen molar-refractivity contribution in [3.05, 3.63) is 95.3 Å². The topological polar surface area (TPSA) is 42.4 Å². The molecule has 0 atom stereocenters. The van der Waals surface area contributed by atoms with E-state index in [1.807, 2.05) is 60.7 Å². The summed E-state index contributed by atoms with van der Waals surface area (Å²) in [6, 6.07) is 19.2. The molecule has 0 amide bonds. The number of hydrogen-bond donors (Lipinski definition) is 1. The van der Waals surface area contributed by atoms with Crippen LogP contribution in [-0.4, -0.2) is 10.1 Å². The number of aliphatic hydroxyl groups excluding tert-OH is 1. The summed E-state index contributed by atoms with van der Waals surface area (Å²) in [5, 5.41) is 9.15. The Bertz CT molecular complexity index is 846. The van der Waals surface area contributed by atoms with E-state index in [2.05, 4.69) is 16.8 Å². The zero-order valence-corrected chi connectivity index (χ0v) is 13.1. The number of hydrogen-bond acceptors (Lipinski definition) is 3. The minimum absolute atomic E-state index is 0.0398. The highest BCUT2D eigenvalue weighted by Crippen LogP contribution is 2.14. The number of pyridine rings is 1. The molecule has 1 aromatic heterocycles. The van der Waals surface area contributed by atoms with Gasteiger partial charge >= 0.3 is 0 Å². The summed E-state index contributed by atoms with van der Waals surface area (Å²) < 4.78 is 5.77. The third-order valence-electron chi connectivity index (χ3n) is 3.45. The summed E-state index contributed by atoms with van der Waals surface area (Å²) in [5.41, 5.74) is 3.73. The number of aromatic nitrogens is 1. The standard InChI is InChI=1S/C21H17NO2/c23-15-19-3-1-4-20(13-19)16-24-21-10-8-17(9-11-21)6-7-18-5-2-12-22-14-18/h1-5,8-14,23H,15-16H2. The second-order valence-electron chi connectivity index (χ2n) is 5.28. The highest BCUT2D eigenvalue weighted by molar-refractivity contribution is 5.43. The first-order valence-electron chi connectivity index (χ1n) is 7.67. The second kappa shape index (κ2) is 7.96. The third kappa shape index (κ3) is 4.45. The minimum Gasteiger partial charge on any atom is -0.489 e. The van der Waals surface area contributed by atoms with Crippen LogP contribution in [0.25, 0.3) is 0 Å². The molecule has 118 valence electrons. The third-order valence-corrected chi connectivity index (χ3v) is 3.45. The maximum atomic E-state index is 9.15. The number of ether oxygens (including phenoxy) is 1. The molecule has 0 bridgehead atoms. The summed E-state index contributed by atoms with van der Waals surface area (Å²) in [4.78, 5) is 4.04. The van der Waals surface area contributed by atoms with E-state index in [1.54, 1.807) is 12.4 Å². The van der Waals surface area contributed by atoms with Gasteiger partial charge in [-0.25, -0.2) is 0 Å². The molecule has 0 aliphatic heterocycles. The normalized spacial score (nSPS) is 9.88. The Balaban J connectivity index is 1.61. The van der Waals surface area contributed by atoms with Gasteiger partial charge in [-0.1, -0.05) is 36.1 Å². The Kier molecular flexibility index (Phi) is 5.24. The van der Waals surface area contributed by atoms with Crippen LogP contribution in [0.1, 0.15) is 22.3 Å². The molecule has 3 heteroatoms. The SMILES string of the molecule is OCc1cccc(COc2ccc(C#Cc3cccnc3)cc2)c1. The Labute approximate surface area is 141 Å². The van der Waals surface area contributed by atoms with Gasteiger partial charge in [-0.2, -0.15) is 0 Å². The molecule has 1 N–H and O–H groups in total. The van der Waals surface area contributed by atoms with Gasteiger partial charge in [0.05, 0.1) is 6.61 Å². The van der Waals surface area contributed by atoms with Crippen molar-refractivity contribution in [2.45, 2.75) is 13.2 Å². The van der Waals surface area contributed by atoms with Crippen LogP contribution >= 0.6 is 0 Å². The van der Waals surface area contributed by atoms with Crippen molar-refractivity contribution >= 4 is 0 Å². The predicted molar refractivity (Wildman–Crippen MR) is 93.4 cm³/mol. The lowest BCUT2D eigenvalue weighted by molar-refractivity contribution is 0.280. The average Bonchev–Trinajstić information content (AvgIpc) is 2.66. The average molecular weight is 315 g/mol. The van der Waals surface area contributed by atoms with Crippen molar-refractivity contribution in [2.75, 3.05) is 0 Å². The van der Waals surface area contributed by atoms with Crippen LogP contribution < -0.4 is 4.74 Å². The maximum absolute atomic E-state index is 9.15. The fourth-order valence-corrected chi connectivity index (χ4v) is 2.20. The largest absolute Gasteiger partial charge is 0.489 e. The lowest BCUT2D eigenvalue weighted by Crippen LogP contribution is -1.96. The van der Waals surface area contributed by atoms with Crippen molar-refractivity contribution in [3.63, 3.8) is 0 Å². The highest BCUT2D eigenvalue weighted by atomic mass is 16.5. The van der Waals surface area contributed by atoms with Gasteiger partial charge in [-0.3, -0.25) is 4.98 Å². The van der Waals surface area contributed by atoms with Crippen molar-refractivity contribution in [2.24, 2.45) is 0 Å². The van der Waals surface area contributed by atoms with Gasteiger partial charge in [-0.15, -0.1) is 0 Å². The van der Waals surface area contributed by atoms with Crippen LogP contribution in [0.4, 0.5) is 0 Å². The fourth-order valence-electron chi connectivity index (χ4n) is 2.20. The molecule has 2 aromatic carbocycles. The smallest absolute Gasteiger partial charge is 0.119 e. The highest BCUT2D eigenvalue weighted by Gasteiger charge is 1.98. The molecule has 0 saturated carbocycles. The quantitative estimate of drug-likeness (QED) is 0.749. The van der Waals surface area contributed by atoms with Crippen molar-refractivity contribution in [1.29, 1.82) is 0 Å². The lowest BCUT2D eigenvalue weighted by atomic mass is 10.1. The molecule has 0 fully saturated rings. The molecule has 3 aromatic rings. The van der Waals surface area contributed by atoms with Crippen LogP contribution in [0.15, 0.2) is 73.1 Å².